The number of nitrogens with zero attached hydrogens (tertiary/aromatic N) is 2. The molecule has 0 radical (unpaired) electrons. The Hall–Kier alpha value is -3.04. The summed E-state index contributed by atoms with van der Waals surface area (Å²) in [5.41, 5.74) is 2.11. The zero-order valence-electron chi connectivity index (χ0n) is 17.1. The molecular formula is C24H24ClN3O3. The van der Waals surface area contributed by atoms with E-state index in [-0.39, 0.29) is 24.0 Å². The molecule has 1 saturated carbocycles. The number of nitrogens with one attached hydrogen (secondary N) is 1. The van der Waals surface area contributed by atoms with Crippen molar-refractivity contribution in [3.63, 3.8) is 0 Å². The van der Waals surface area contributed by atoms with E-state index < -0.39 is 0 Å². The van der Waals surface area contributed by atoms with Crippen LogP contribution in [0, 0.1) is 17.2 Å². The minimum Gasteiger partial charge on any atom is -0.490 e. The number of benzene rings is 2. The monoisotopic (exact) mass is 437 g/mol. The fourth-order valence-electron chi connectivity index (χ4n) is 4.08. The molecule has 6 nitrogen and oxygen atoms in total. The summed E-state index contributed by atoms with van der Waals surface area (Å²) in [6, 6.07) is 14.8. The highest BCUT2D eigenvalue weighted by atomic mass is 35.5. The molecule has 7 heteroatoms. The number of anilines is 1. The molecule has 0 aromatic heterocycles. The van der Waals surface area contributed by atoms with Gasteiger partial charge < -0.3 is 19.7 Å². The molecule has 2 fully saturated rings. The van der Waals surface area contributed by atoms with Gasteiger partial charge in [0.25, 0.3) is 5.91 Å². The van der Waals surface area contributed by atoms with Gasteiger partial charge in [-0.15, -0.1) is 0 Å². The highest BCUT2D eigenvalue weighted by Crippen LogP contribution is 2.28. The second-order valence-corrected chi connectivity index (χ2v) is 8.57. The van der Waals surface area contributed by atoms with E-state index >= 15 is 0 Å². The first-order valence-electron chi connectivity index (χ1n) is 10.5. The number of rotatable bonds is 6. The number of ether oxygens (including phenoxy) is 1. The minimum absolute atomic E-state index is 0.0656. The summed E-state index contributed by atoms with van der Waals surface area (Å²) >= 11 is 6.07. The molecule has 1 amide bonds. The van der Waals surface area contributed by atoms with E-state index in [0.29, 0.717) is 21.9 Å². The maximum Gasteiger partial charge on any atom is 0.251 e. The largest absolute Gasteiger partial charge is 0.490 e. The van der Waals surface area contributed by atoms with Gasteiger partial charge in [0.2, 0.25) is 0 Å². The Morgan fingerprint density at radius 3 is 2.45 bits per heavy atom. The Labute approximate surface area is 186 Å². The lowest BCUT2D eigenvalue weighted by Crippen LogP contribution is -2.47. The van der Waals surface area contributed by atoms with Crippen LogP contribution < -0.4 is 15.0 Å². The molecule has 1 N–H and O–H groups in total. The number of halogens is 1. The van der Waals surface area contributed by atoms with E-state index in [0.717, 1.165) is 50.7 Å². The molecule has 0 atom stereocenters. The summed E-state index contributed by atoms with van der Waals surface area (Å²) in [5.74, 6) is 0.721. The molecule has 2 aromatic carbocycles. The van der Waals surface area contributed by atoms with Crippen molar-refractivity contribution in [2.75, 3.05) is 18.0 Å². The SMILES string of the molecule is N#Cc1ccc(O[C@H]2CC[C@H](NC(=O)c3ccc(N4CC(C=O)C4)cc3)CC2)cc1Cl. The Bertz CT molecular complexity index is 988. The molecule has 1 saturated heterocycles. The topological polar surface area (TPSA) is 82.4 Å². The number of hydrogen-bond donors (Lipinski definition) is 1. The summed E-state index contributed by atoms with van der Waals surface area (Å²) in [4.78, 5) is 25.5. The van der Waals surface area contributed by atoms with E-state index in [9.17, 15) is 9.59 Å². The molecule has 160 valence electrons. The van der Waals surface area contributed by atoms with Crippen LogP contribution in [-0.4, -0.2) is 37.4 Å². The highest BCUT2D eigenvalue weighted by molar-refractivity contribution is 6.31. The molecule has 1 aliphatic heterocycles. The quantitative estimate of drug-likeness (QED) is 0.691. The minimum atomic E-state index is -0.0656. The van der Waals surface area contributed by atoms with Gasteiger partial charge in [0.15, 0.2) is 0 Å². The van der Waals surface area contributed by atoms with Gasteiger partial charge in [-0.05, 0) is 62.1 Å². The predicted octanol–water partition coefficient (Wildman–Crippen LogP) is 3.97. The lowest BCUT2D eigenvalue weighted by Gasteiger charge is -2.38. The third-order valence-corrected chi connectivity index (χ3v) is 6.28. The van der Waals surface area contributed by atoms with Gasteiger partial charge in [-0.2, -0.15) is 5.26 Å². The van der Waals surface area contributed by atoms with E-state index in [1.165, 1.54) is 0 Å². The van der Waals surface area contributed by atoms with E-state index in [4.69, 9.17) is 21.6 Å². The lowest BCUT2D eigenvalue weighted by atomic mass is 9.92. The van der Waals surface area contributed by atoms with Crippen LogP contribution in [0.15, 0.2) is 42.5 Å². The number of carbonyl (C=O) groups excluding carboxylic acids is 2. The van der Waals surface area contributed by atoms with Crippen molar-refractivity contribution in [3.05, 3.63) is 58.6 Å². The number of aldehydes is 1. The molecule has 1 heterocycles. The van der Waals surface area contributed by atoms with E-state index in [2.05, 4.69) is 10.2 Å². The van der Waals surface area contributed by atoms with Gasteiger partial charge in [0.1, 0.15) is 18.1 Å². The van der Waals surface area contributed by atoms with Crippen LogP contribution in [0.5, 0.6) is 5.75 Å². The van der Waals surface area contributed by atoms with Crippen LogP contribution >= 0.6 is 11.6 Å². The van der Waals surface area contributed by atoms with Crippen molar-refractivity contribution in [2.45, 2.75) is 37.8 Å². The van der Waals surface area contributed by atoms with Crippen molar-refractivity contribution in [2.24, 2.45) is 5.92 Å². The second kappa shape index (κ2) is 9.40. The average Bonchev–Trinajstić information content (AvgIpc) is 2.75. The van der Waals surface area contributed by atoms with Crippen LogP contribution in [0.3, 0.4) is 0 Å². The van der Waals surface area contributed by atoms with Crippen LogP contribution in [0.4, 0.5) is 5.69 Å². The average molecular weight is 438 g/mol. The van der Waals surface area contributed by atoms with Crippen molar-refractivity contribution in [3.8, 4) is 11.8 Å². The fraction of sp³-hybridized carbons (Fsp3) is 0.375. The summed E-state index contributed by atoms with van der Waals surface area (Å²) < 4.78 is 6.01. The Morgan fingerprint density at radius 1 is 1.13 bits per heavy atom. The molecule has 1 aliphatic carbocycles. The first-order chi connectivity index (χ1) is 15.1. The Balaban J connectivity index is 1.24. The van der Waals surface area contributed by atoms with Gasteiger partial charge >= 0.3 is 0 Å². The van der Waals surface area contributed by atoms with Gasteiger partial charge in [-0.1, -0.05) is 11.6 Å². The molecule has 0 bridgehead atoms. The van der Waals surface area contributed by atoms with Gasteiger partial charge in [0.05, 0.1) is 16.7 Å². The highest BCUT2D eigenvalue weighted by Gasteiger charge is 2.27. The van der Waals surface area contributed by atoms with Crippen LogP contribution in [0.2, 0.25) is 5.02 Å². The van der Waals surface area contributed by atoms with Gasteiger partial charge in [0, 0.05) is 42.4 Å². The van der Waals surface area contributed by atoms with Crippen LogP contribution in [0.25, 0.3) is 0 Å². The molecule has 0 spiro atoms. The number of nitriles is 1. The molecule has 0 unspecified atom stereocenters. The van der Waals surface area contributed by atoms with Gasteiger partial charge in [-0.25, -0.2) is 0 Å². The maximum atomic E-state index is 12.6. The summed E-state index contributed by atoms with van der Waals surface area (Å²) in [6.45, 7) is 1.49. The molecule has 31 heavy (non-hydrogen) atoms. The lowest BCUT2D eigenvalue weighted by molar-refractivity contribution is -0.111. The standard InChI is InChI=1S/C24H24ClN3O3/c25-23-11-22(8-3-18(23)12-26)31-21-9-4-19(5-10-21)27-24(30)17-1-6-20(7-2-17)28-13-16(14-28)15-29/h1-3,6-8,11,15-16,19,21H,4-5,9-10,13-14H2,(H,27,30)/t19-,21-. The van der Waals surface area contributed by atoms with Crippen LogP contribution in [-0.2, 0) is 4.79 Å². The van der Waals surface area contributed by atoms with E-state index in [1.807, 2.05) is 30.3 Å². The second-order valence-electron chi connectivity index (χ2n) is 8.17. The third kappa shape index (κ3) is 5.00. The Morgan fingerprint density at radius 2 is 1.84 bits per heavy atom. The van der Waals surface area contributed by atoms with Crippen molar-refractivity contribution in [1.29, 1.82) is 5.26 Å². The number of hydrogen-bond acceptors (Lipinski definition) is 5. The van der Waals surface area contributed by atoms with Gasteiger partial charge in [-0.3, -0.25) is 4.79 Å². The maximum absolute atomic E-state index is 12.6. The first kappa shape index (κ1) is 21.2. The Kier molecular flexibility index (Phi) is 6.43. The molecule has 2 aliphatic rings. The number of amides is 1. The summed E-state index contributed by atoms with van der Waals surface area (Å²) in [7, 11) is 0. The van der Waals surface area contributed by atoms with Crippen molar-refractivity contribution < 1.29 is 14.3 Å². The first-order valence-corrected chi connectivity index (χ1v) is 10.9. The fourth-order valence-corrected chi connectivity index (χ4v) is 4.29. The molecule has 2 aromatic rings. The normalized spacial score (nSPS) is 21.0. The number of carbonyl (C=O) groups is 2. The summed E-state index contributed by atoms with van der Waals surface area (Å²) in [6.07, 6.45) is 4.45. The zero-order valence-corrected chi connectivity index (χ0v) is 17.8. The predicted molar refractivity (Wildman–Crippen MR) is 119 cm³/mol. The van der Waals surface area contributed by atoms with Crippen LogP contribution in [0.1, 0.15) is 41.6 Å². The van der Waals surface area contributed by atoms with Crippen molar-refractivity contribution >= 4 is 29.5 Å². The third-order valence-electron chi connectivity index (χ3n) is 5.97. The zero-order chi connectivity index (χ0) is 21.8. The van der Waals surface area contributed by atoms with Crippen molar-refractivity contribution in [1.82, 2.24) is 5.32 Å². The van der Waals surface area contributed by atoms with E-state index in [1.54, 1.807) is 18.2 Å². The summed E-state index contributed by atoms with van der Waals surface area (Å²) in [5, 5.41) is 12.5. The molecular weight excluding hydrogens is 414 g/mol. The smallest absolute Gasteiger partial charge is 0.251 e. The molecule has 4 rings (SSSR count).